The Labute approximate surface area is 125 Å². The van der Waals surface area contributed by atoms with Crippen LogP contribution < -0.4 is 5.32 Å². The van der Waals surface area contributed by atoms with Gasteiger partial charge in [-0.1, -0.05) is 19.9 Å². The fourth-order valence-corrected chi connectivity index (χ4v) is 3.27. The number of carbonyl (C=O) groups excluding carboxylic acids is 1. The summed E-state index contributed by atoms with van der Waals surface area (Å²) in [6.07, 6.45) is 0. The Hall–Kier alpha value is -0.910. The van der Waals surface area contributed by atoms with E-state index in [-0.39, 0.29) is 5.91 Å². The second-order valence-corrected chi connectivity index (χ2v) is 6.79. The maximum Gasteiger partial charge on any atom is 0.261 e. The normalized spacial score (nSPS) is 19.2. The fourth-order valence-electron chi connectivity index (χ4n) is 2.63. The van der Waals surface area contributed by atoms with Crippen molar-refractivity contribution in [1.82, 2.24) is 15.1 Å². The highest BCUT2D eigenvalue weighted by Gasteiger charge is 2.25. The molecule has 1 aliphatic heterocycles. The Morgan fingerprint density at radius 1 is 1.35 bits per heavy atom. The van der Waals surface area contributed by atoms with Crippen LogP contribution >= 0.6 is 11.3 Å². The van der Waals surface area contributed by atoms with Gasteiger partial charge >= 0.3 is 0 Å². The van der Waals surface area contributed by atoms with Gasteiger partial charge in [-0.3, -0.25) is 9.69 Å². The predicted molar refractivity (Wildman–Crippen MR) is 84.3 cm³/mol. The molecule has 1 saturated heterocycles. The van der Waals surface area contributed by atoms with Crippen molar-refractivity contribution >= 4 is 17.2 Å². The van der Waals surface area contributed by atoms with Crippen LogP contribution in [0.4, 0.5) is 0 Å². The lowest BCUT2D eigenvalue weighted by molar-refractivity contribution is 0.0793. The van der Waals surface area contributed by atoms with Crippen molar-refractivity contribution in [1.29, 1.82) is 0 Å². The number of hydrogen-bond donors (Lipinski definition) is 1. The molecule has 0 aromatic carbocycles. The molecule has 112 valence electrons. The summed E-state index contributed by atoms with van der Waals surface area (Å²) in [5.41, 5.74) is 0. The van der Waals surface area contributed by atoms with E-state index in [0.29, 0.717) is 12.0 Å². The van der Waals surface area contributed by atoms with E-state index in [4.69, 9.17) is 0 Å². The average molecular weight is 295 g/mol. The fraction of sp³-hybridized carbons (Fsp3) is 0.667. The minimum absolute atomic E-state index is 0.0553. The minimum atomic E-state index is 0.0553. The van der Waals surface area contributed by atoms with E-state index in [1.54, 1.807) is 0 Å². The maximum absolute atomic E-state index is 12.0. The topological polar surface area (TPSA) is 35.6 Å². The number of likely N-dealkylation sites (N-methyl/N-ethyl adjacent to an activating group) is 1. The molecule has 5 heteroatoms. The molecule has 4 nitrogen and oxygen atoms in total. The molecule has 0 spiro atoms. The molecule has 1 aliphatic rings. The molecule has 0 radical (unpaired) electrons. The van der Waals surface area contributed by atoms with E-state index in [1.807, 2.05) is 17.5 Å². The molecular formula is C15H25N3OS. The average Bonchev–Trinajstić information content (AvgIpc) is 2.94. The zero-order valence-electron chi connectivity index (χ0n) is 12.6. The van der Waals surface area contributed by atoms with Gasteiger partial charge in [0.05, 0.1) is 4.88 Å². The van der Waals surface area contributed by atoms with Gasteiger partial charge < -0.3 is 10.2 Å². The molecule has 20 heavy (non-hydrogen) atoms. The Kier molecular flexibility index (Phi) is 5.57. The van der Waals surface area contributed by atoms with Crippen molar-refractivity contribution < 1.29 is 4.79 Å². The van der Waals surface area contributed by atoms with Gasteiger partial charge in [-0.2, -0.15) is 0 Å². The van der Waals surface area contributed by atoms with Crippen molar-refractivity contribution in [2.45, 2.75) is 19.9 Å². The number of nitrogens with zero attached hydrogens (tertiary/aromatic N) is 2. The molecule has 2 heterocycles. The van der Waals surface area contributed by atoms with E-state index in [2.05, 4.69) is 36.0 Å². The number of rotatable bonds is 5. The summed E-state index contributed by atoms with van der Waals surface area (Å²) in [7, 11) is 2.17. The van der Waals surface area contributed by atoms with Gasteiger partial charge in [0.25, 0.3) is 5.91 Å². The molecular weight excluding hydrogens is 270 g/mol. The van der Waals surface area contributed by atoms with Crippen molar-refractivity contribution in [2.75, 3.05) is 39.8 Å². The van der Waals surface area contributed by atoms with Gasteiger partial charge in [0.1, 0.15) is 0 Å². The number of nitrogens with one attached hydrogen (secondary N) is 1. The third kappa shape index (κ3) is 4.04. The van der Waals surface area contributed by atoms with Gasteiger partial charge in [-0.25, -0.2) is 0 Å². The van der Waals surface area contributed by atoms with Crippen molar-refractivity contribution in [3.63, 3.8) is 0 Å². The summed E-state index contributed by atoms with van der Waals surface area (Å²) in [5.74, 6) is 0.599. The highest BCUT2D eigenvalue weighted by molar-refractivity contribution is 7.12. The molecule has 1 N–H and O–H groups in total. The number of piperazine rings is 1. The quantitative estimate of drug-likeness (QED) is 0.899. The molecule has 0 saturated carbocycles. The largest absolute Gasteiger partial charge is 0.350 e. The lowest BCUT2D eigenvalue weighted by Crippen LogP contribution is -2.54. The van der Waals surface area contributed by atoms with E-state index in [1.165, 1.54) is 11.3 Å². The van der Waals surface area contributed by atoms with Gasteiger partial charge in [0.15, 0.2) is 0 Å². The van der Waals surface area contributed by atoms with Gasteiger partial charge in [-0.05, 0) is 24.4 Å². The number of carbonyl (C=O) groups is 1. The summed E-state index contributed by atoms with van der Waals surface area (Å²) < 4.78 is 0. The van der Waals surface area contributed by atoms with E-state index < -0.39 is 0 Å². The Bertz CT molecular complexity index is 411. The van der Waals surface area contributed by atoms with Crippen LogP contribution in [0.1, 0.15) is 23.5 Å². The molecule has 1 aromatic rings. The van der Waals surface area contributed by atoms with Crippen LogP contribution in [0.3, 0.4) is 0 Å². The summed E-state index contributed by atoms with van der Waals surface area (Å²) in [5, 5.41) is 5.03. The monoisotopic (exact) mass is 295 g/mol. The van der Waals surface area contributed by atoms with Crippen LogP contribution in [0, 0.1) is 5.92 Å². The molecule has 1 fully saturated rings. The predicted octanol–water partition coefficient (Wildman–Crippen LogP) is 1.75. The lowest BCUT2D eigenvalue weighted by Gasteiger charge is -2.39. The zero-order valence-corrected chi connectivity index (χ0v) is 13.4. The second-order valence-electron chi connectivity index (χ2n) is 5.84. The van der Waals surface area contributed by atoms with Gasteiger partial charge in [-0.15, -0.1) is 11.3 Å². The Morgan fingerprint density at radius 2 is 2.05 bits per heavy atom. The van der Waals surface area contributed by atoms with Crippen LogP contribution in [0.15, 0.2) is 17.5 Å². The van der Waals surface area contributed by atoms with E-state index >= 15 is 0 Å². The van der Waals surface area contributed by atoms with E-state index in [9.17, 15) is 4.79 Å². The number of hydrogen-bond acceptors (Lipinski definition) is 4. The van der Waals surface area contributed by atoms with Crippen LogP contribution in [-0.4, -0.2) is 61.5 Å². The molecule has 1 aromatic heterocycles. The molecule has 2 rings (SSSR count). The lowest BCUT2D eigenvalue weighted by atomic mass is 10.0. The first-order valence-corrected chi connectivity index (χ1v) is 8.20. The zero-order chi connectivity index (χ0) is 14.5. The van der Waals surface area contributed by atoms with Crippen LogP contribution in [-0.2, 0) is 0 Å². The van der Waals surface area contributed by atoms with Gasteiger partial charge in [0, 0.05) is 38.8 Å². The van der Waals surface area contributed by atoms with E-state index in [0.717, 1.165) is 37.6 Å². The maximum atomic E-state index is 12.0. The second kappa shape index (κ2) is 7.20. The van der Waals surface area contributed by atoms with Gasteiger partial charge in [0.2, 0.25) is 0 Å². The number of thiophene rings is 1. The summed E-state index contributed by atoms with van der Waals surface area (Å²) in [6.45, 7) is 9.62. The molecule has 0 bridgehead atoms. The van der Waals surface area contributed by atoms with Crippen molar-refractivity contribution in [3.8, 4) is 0 Å². The SMILES string of the molecule is CC(C)C(CNC(=O)c1cccs1)N1CCN(C)CC1. The molecule has 0 aliphatic carbocycles. The third-order valence-electron chi connectivity index (χ3n) is 3.99. The highest BCUT2D eigenvalue weighted by Crippen LogP contribution is 2.14. The first kappa shape index (κ1) is 15.5. The highest BCUT2D eigenvalue weighted by atomic mass is 32.1. The van der Waals surface area contributed by atoms with Crippen molar-refractivity contribution in [3.05, 3.63) is 22.4 Å². The van der Waals surface area contributed by atoms with Crippen molar-refractivity contribution in [2.24, 2.45) is 5.92 Å². The molecule has 1 amide bonds. The summed E-state index contributed by atoms with van der Waals surface area (Å²) in [6, 6.07) is 4.22. The van der Waals surface area contributed by atoms with Crippen LogP contribution in [0.25, 0.3) is 0 Å². The minimum Gasteiger partial charge on any atom is -0.350 e. The molecule has 1 atom stereocenters. The molecule has 1 unspecified atom stereocenters. The standard InChI is InChI=1S/C15H25N3OS/c1-12(2)13(18-8-6-17(3)7-9-18)11-16-15(19)14-5-4-10-20-14/h4-5,10,12-13H,6-9,11H2,1-3H3,(H,16,19). The Morgan fingerprint density at radius 3 is 2.60 bits per heavy atom. The summed E-state index contributed by atoms with van der Waals surface area (Å²) in [4.78, 5) is 17.7. The summed E-state index contributed by atoms with van der Waals surface area (Å²) >= 11 is 1.49. The number of amides is 1. The first-order valence-electron chi connectivity index (χ1n) is 7.32. The van der Waals surface area contributed by atoms with Crippen LogP contribution in [0.2, 0.25) is 0 Å². The first-order chi connectivity index (χ1) is 9.58. The van der Waals surface area contributed by atoms with Crippen LogP contribution in [0.5, 0.6) is 0 Å². The smallest absolute Gasteiger partial charge is 0.261 e. The Balaban J connectivity index is 1.88. The third-order valence-corrected chi connectivity index (χ3v) is 4.86.